The highest BCUT2D eigenvalue weighted by Gasteiger charge is 2.14. The molecular weight excluding hydrogens is 318 g/mol. The van der Waals surface area contributed by atoms with Crippen molar-refractivity contribution in [2.45, 2.75) is 19.5 Å². The average molecular weight is 341 g/mol. The Balaban J connectivity index is 1.55. The molecule has 0 atom stereocenters. The Morgan fingerprint density at radius 3 is 2.64 bits per heavy atom. The van der Waals surface area contributed by atoms with Gasteiger partial charge >= 0.3 is 0 Å². The molecule has 1 amide bonds. The number of morpholine rings is 1. The molecule has 1 aromatic heterocycles. The second-order valence-corrected chi connectivity index (χ2v) is 5.99. The molecule has 0 unspecified atom stereocenters. The summed E-state index contributed by atoms with van der Waals surface area (Å²) in [7, 11) is 0. The van der Waals surface area contributed by atoms with Crippen LogP contribution in [0.15, 0.2) is 53.5 Å². The predicted molar refractivity (Wildman–Crippen MR) is 96.6 cm³/mol. The fourth-order valence-electron chi connectivity index (χ4n) is 2.92. The van der Waals surface area contributed by atoms with Gasteiger partial charge in [-0.25, -0.2) is 0 Å². The van der Waals surface area contributed by atoms with Gasteiger partial charge in [-0.2, -0.15) is 0 Å². The first-order valence-electron chi connectivity index (χ1n) is 8.57. The van der Waals surface area contributed by atoms with E-state index in [2.05, 4.69) is 16.3 Å². The van der Waals surface area contributed by atoms with E-state index < -0.39 is 0 Å². The van der Waals surface area contributed by atoms with Crippen LogP contribution < -0.4 is 15.8 Å². The molecule has 25 heavy (non-hydrogen) atoms. The van der Waals surface area contributed by atoms with Crippen molar-refractivity contribution in [3.05, 3.63) is 64.6 Å². The van der Waals surface area contributed by atoms with Gasteiger partial charge in [0.2, 0.25) is 5.91 Å². The van der Waals surface area contributed by atoms with Gasteiger partial charge < -0.3 is 19.5 Å². The maximum absolute atomic E-state index is 12.1. The molecule has 1 aliphatic heterocycles. The molecule has 0 radical (unpaired) electrons. The number of pyridine rings is 1. The molecule has 6 nitrogen and oxygen atoms in total. The quantitative estimate of drug-likeness (QED) is 0.862. The minimum Gasteiger partial charge on any atom is -0.378 e. The number of benzene rings is 1. The van der Waals surface area contributed by atoms with Crippen molar-refractivity contribution in [2.75, 3.05) is 31.2 Å². The molecule has 1 saturated heterocycles. The van der Waals surface area contributed by atoms with Gasteiger partial charge in [-0.05, 0) is 17.7 Å². The van der Waals surface area contributed by atoms with Crippen LogP contribution in [-0.4, -0.2) is 36.8 Å². The molecule has 1 aliphatic rings. The predicted octanol–water partition coefficient (Wildman–Crippen LogP) is 1.39. The highest BCUT2D eigenvalue weighted by molar-refractivity contribution is 5.76. The molecule has 0 aliphatic carbocycles. The van der Waals surface area contributed by atoms with Crippen molar-refractivity contribution in [3.8, 4) is 0 Å². The van der Waals surface area contributed by atoms with Gasteiger partial charge in [-0.1, -0.05) is 24.3 Å². The van der Waals surface area contributed by atoms with E-state index in [-0.39, 0.29) is 17.9 Å². The second-order valence-electron chi connectivity index (χ2n) is 5.99. The molecule has 6 heteroatoms. The molecule has 3 rings (SSSR count). The monoisotopic (exact) mass is 341 g/mol. The molecule has 0 bridgehead atoms. The molecule has 0 saturated carbocycles. The number of anilines is 1. The van der Waals surface area contributed by atoms with E-state index in [1.165, 1.54) is 6.07 Å². The Kier molecular flexibility index (Phi) is 5.85. The van der Waals surface area contributed by atoms with Crippen LogP contribution in [0.4, 0.5) is 5.69 Å². The first kappa shape index (κ1) is 17.2. The second kappa shape index (κ2) is 8.48. The molecule has 0 spiro atoms. The van der Waals surface area contributed by atoms with Gasteiger partial charge in [0.25, 0.3) is 5.56 Å². The first-order valence-corrected chi connectivity index (χ1v) is 8.57. The SMILES string of the molecule is O=C(CCn1ccccc1=O)NCc1ccccc1N1CCOCC1. The number of carbonyl (C=O) groups excluding carboxylic acids is 1. The number of hydrogen-bond donors (Lipinski definition) is 1. The zero-order valence-corrected chi connectivity index (χ0v) is 14.2. The van der Waals surface area contributed by atoms with E-state index in [1.54, 1.807) is 22.9 Å². The van der Waals surface area contributed by atoms with Crippen LogP contribution in [0, 0.1) is 0 Å². The average Bonchev–Trinajstić information content (AvgIpc) is 2.66. The Morgan fingerprint density at radius 1 is 1.08 bits per heavy atom. The summed E-state index contributed by atoms with van der Waals surface area (Å²) in [4.78, 5) is 26.1. The number of amides is 1. The zero-order valence-electron chi connectivity index (χ0n) is 14.2. The number of carbonyl (C=O) groups is 1. The number of ether oxygens (including phenoxy) is 1. The van der Waals surface area contributed by atoms with Gasteiger partial charge in [0, 0.05) is 50.6 Å². The van der Waals surface area contributed by atoms with Crippen LogP contribution in [0.1, 0.15) is 12.0 Å². The van der Waals surface area contributed by atoms with E-state index >= 15 is 0 Å². The fourth-order valence-corrected chi connectivity index (χ4v) is 2.92. The number of para-hydroxylation sites is 1. The van der Waals surface area contributed by atoms with Gasteiger partial charge in [-0.3, -0.25) is 9.59 Å². The van der Waals surface area contributed by atoms with E-state index in [0.717, 1.165) is 37.6 Å². The van der Waals surface area contributed by atoms with Gasteiger partial charge in [0.15, 0.2) is 0 Å². The Labute approximate surface area is 147 Å². The topological polar surface area (TPSA) is 63.6 Å². The number of aromatic nitrogens is 1. The standard InChI is InChI=1S/C19H23N3O3/c23-18(8-10-22-9-4-3-7-19(22)24)20-15-16-5-1-2-6-17(16)21-11-13-25-14-12-21/h1-7,9H,8,10-15H2,(H,20,23). The van der Waals surface area contributed by atoms with Gasteiger partial charge in [-0.15, -0.1) is 0 Å². The third-order valence-corrected chi connectivity index (χ3v) is 4.30. The minimum atomic E-state index is -0.0898. The smallest absolute Gasteiger partial charge is 0.250 e. The maximum Gasteiger partial charge on any atom is 0.250 e. The van der Waals surface area contributed by atoms with E-state index in [1.807, 2.05) is 18.2 Å². The van der Waals surface area contributed by atoms with Crippen LogP contribution in [0.5, 0.6) is 0 Å². The highest BCUT2D eigenvalue weighted by Crippen LogP contribution is 2.21. The van der Waals surface area contributed by atoms with Crippen LogP contribution >= 0.6 is 0 Å². The summed E-state index contributed by atoms with van der Waals surface area (Å²) in [6.07, 6.45) is 1.98. The van der Waals surface area contributed by atoms with Crippen LogP contribution in [0.2, 0.25) is 0 Å². The summed E-state index contributed by atoms with van der Waals surface area (Å²) in [5, 5.41) is 2.96. The Bertz CT molecular complexity index is 766. The van der Waals surface area contributed by atoms with E-state index in [9.17, 15) is 9.59 Å². The summed E-state index contributed by atoms with van der Waals surface area (Å²) in [5.74, 6) is -0.0625. The van der Waals surface area contributed by atoms with Gasteiger partial charge in [0.1, 0.15) is 0 Å². The third kappa shape index (κ3) is 4.70. The largest absolute Gasteiger partial charge is 0.378 e. The van der Waals surface area contributed by atoms with Crippen LogP contribution in [0.3, 0.4) is 0 Å². The molecule has 1 fully saturated rings. The minimum absolute atomic E-state index is 0.0625. The maximum atomic E-state index is 12.1. The molecule has 1 aromatic carbocycles. The summed E-state index contributed by atoms with van der Waals surface area (Å²) in [5.41, 5.74) is 2.15. The van der Waals surface area contributed by atoms with Crippen LogP contribution in [0.25, 0.3) is 0 Å². The van der Waals surface area contributed by atoms with Crippen molar-refractivity contribution in [1.29, 1.82) is 0 Å². The number of hydrogen-bond acceptors (Lipinski definition) is 4. The highest BCUT2D eigenvalue weighted by atomic mass is 16.5. The lowest BCUT2D eigenvalue weighted by atomic mass is 10.1. The summed E-state index contributed by atoms with van der Waals surface area (Å²) in [6.45, 7) is 4.05. The summed E-state index contributed by atoms with van der Waals surface area (Å²) >= 11 is 0. The van der Waals surface area contributed by atoms with Crippen molar-refractivity contribution >= 4 is 11.6 Å². The molecule has 2 heterocycles. The van der Waals surface area contributed by atoms with Crippen molar-refractivity contribution < 1.29 is 9.53 Å². The van der Waals surface area contributed by atoms with Crippen LogP contribution in [-0.2, 0) is 22.6 Å². The number of nitrogens with zero attached hydrogens (tertiary/aromatic N) is 2. The normalized spacial score (nSPS) is 14.3. The lowest BCUT2D eigenvalue weighted by Gasteiger charge is -2.30. The van der Waals surface area contributed by atoms with Crippen molar-refractivity contribution in [1.82, 2.24) is 9.88 Å². The Morgan fingerprint density at radius 2 is 1.84 bits per heavy atom. The lowest BCUT2D eigenvalue weighted by Crippen LogP contribution is -2.37. The first-order chi connectivity index (χ1) is 12.2. The number of rotatable bonds is 6. The zero-order chi connectivity index (χ0) is 17.5. The Hall–Kier alpha value is -2.60. The van der Waals surface area contributed by atoms with Crippen molar-refractivity contribution in [3.63, 3.8) is 0 Å². The fraction of sp³-hybridized carbons (Fsp3) is 0.368. The number of nitrogens with one attached hydrogen (secondary N) is 1. The summed E-state index contributed by atoms with van der Waals surface area (Å²) in [6, 6.07) is 13.1. The molecule has 1 N–H and O–H groups in total. The molecule has 132 valence electrons. The van der Waals surface area contributed by atoms with E-state index in [4.69, 9.17) is 4.74 Å². The summed E-state index contributed by atoms with van der Waals surface area (Å²) < 4.78 is 6.95. The van der Waals surface area contributed by atoms with Gasteiger partial charge in [0.05, 0.1) is 13.2 Å². The number of aryl methyl sites for hydroxylation is 1. The van der Waals surface area contributed by atoms with Crippen molar-refractivity contribution in [2.24, 2.45) is 0 Å². The molecular formula is C19H23N3O3. The van der Waals surface area contributed by atoms with E-state index in [0.29, 0.717) is 13.1 Å². The third-order valence-electron chi connectivity index (χ3n) is 4.30. The molecule has 2 aromatic rings. The lowest BCUT2D eigenvalue weighted by molar-refractivity contribution is -0.121.